The fourth-order valence-corrected chi connectivity index (χ4v) is 3.66. The van der Waals surface area contributed by atoms with Gasteiger partial charge in [-0.05, 0) is 36.6 Å². The molecule has 0 radical (unpaired) electrons. The zero-order valence-electron chi connectivity index (χ0n) is 12.6. The molecule has 0 amide bonds. The van der Waals surface area contributed by atoms with E-state index >= 15 is 0 Å². The van der Waals surface area contributed by atoms with Crippen LogP contribution in [0.3, 0.4) is 0 Å². The van der Waals surface area contributed by atoms with Gasteiger partial charge in [-0.1, -0.05) is 29.8 Å². The minimum absolute atomic E-state index is 0.258. The summed E-state index contributed by atoms with van der Waals surface area (Å²) >= 11 is 6.37. The van der Waals surface area contributed by atoms with Crippen molar-refractivity contribution in [2.24, 2.45) is 0 Å². The summed E-state index contributed by atoms with van der Waals surface area (Å²) in [6, 6.07) is 6.91. The number of aromatic nitrogens is 1. The van der Waals surface area contributed by atoms with Crippen molar-refractivity contribution in [3.63, 3.8) is 0 Å². The van der Waals surface area contributed by atoms with Gasteiger partial charge in [0.05, 0.1) is 10.5 Å². The highest BCUT2D eigenvalue weighted by atomic mass is 35.5. The first-order valence-electron chi connectivity index (χ1n) is 7.55. The summed E-state index contributed by atoms with van der Waals surface area (Å²) in [6.07, 6.45) is 0.782. The van der Waals surface area contributed by atoms with Crippen LogP contribution in [0.2, 0.25) is 5.02 Å². The van der Waals surface area contributed by atoms with Crippen LogP contribution in [0.25, 0.3) is 22.0 Å². The molecule has 0 saturated carbocycles. The number of H-pyrrole nitrogens is 1. The Morgan fingerprint density at radius 1 is 1.22 bits per heavy atom. The number of fused-ring (bicyclic) bond motifs is 2. The molecular formula is C18H15ClF2N2. The van der Waals surface area contributed by atoms with E-state index in [1.165, 1.54) is 6.07 Å². The van der Waals surface area contributed by atoms with Crippen molar-refractivity contribution in [2.45, 2.75) is 19.9 Å². The first-order chi connectivity index (χ1) is 11.1. The Hall–Kier alpha value is -1.91. The van der Waals surface area contributed by atoms with Gasteiger partial charge in [-0.25, -0.2) is 8.78 Å². The fourth-order valence-electron chi connectivity index (χ4n) is 3.42. The molecule has 1 aliphatic heterocycles. The van der Waals surface area contributed by atoms with Crippen molar-refractivity contribution in [3.05, 3.63) is 57.7 Å². The van der Waals surface area contributed by atoms with Crippen molar-refractivity contribution in [1.29, 1.82) is 0 Å². The molecule has 1 aromatic heterocycles. The van der Waals surface area contributed by atoms with Crippen molar-refractivity contribution < 1.29 is 8.78 Å². The van der Waals surface area contributed by atoms with Crippen LogP contribution in [0, 0.1) is 18.6 Å². The van der Waals surface area contributed by atoms with Crippen LogP contribution in [-0.2, 0) is 13.0 Å². The Labute approximate surface area is 137 Å². The van der Waals surface area contributed by atoms with Crippen LogP contribution in [0.15, 0.2) is 24.3 Å². The molecule has 0 bridgehead atoms. The number of hydrogen-bond acceptors (Lipinski definition) is 1. The van der Waals surface area contributed by atoms with Crippen LogP contribution in [0.4, 0.5) is 8.78 Å². The van der Waals surface area contributed by atoms with E-state index in [2.05, 4.69) is 10.3 Å². The second kappa shape index (κ2) is 5.32. The molecule has 2 N–H and O–H groups in total. The van der Waals surface area contributed by atoms with Crippen molar-refractivity contribution in [3.8, 4) is 11.1 Å². The minimum Gasteiger partial charge on any atom is -0.357 e. The normalized spacial score (nSPS) is 14.3. The van der Waals surface area contributed by atoms with E-state index in [0.717, 1.165) is 36.2 Å². The molecule has 3 aromatic rings. The molecule has 1 aliphatic rings. The first kappa shape index (κ1) is 14.7. The van der Waals surface area contributed by atoms with Crippen LogP contribution in [0.1, 0.15) is 16.8 Å². The standard InChI is InChI=1S/C18H15ClF2N2/c1-9-17(19)16-14(23-9)7-13(20)18(21)15(16)12-4-2-3-10-8-22-6-5-11(10)12/h2-4,7,22-23H,5-6,8H2,1H3. The number of benzene rings is 2. The molecule has 118 valence electrons. The largest absolute Gasteiger partial charge is 0.357 e. The Morgan fingerprint density at radius 3 is 2.87 bits per heavy atom. The highest BCUT2D eigenvalue weighted by Gasteiger charge is 2.23. The second-order valence-electron chi connectivity index (χ2n) is 5.90. The maximum absolute atomic E-state index is 14.7. The summed E-state index contributed by atoms with van der Waals surface area (Å²) in [5.74, 6) is -1.71. The molecule has 0 spiro atoms. The average Bonchev–Trinajstić information content (AvgIpc) is 2.83. The predicted molar refractivity (Wildman–Crippen MR) is 88.8 cm³/mol. The first-order valence-corrected chi connectivity index (χ1v) is 7.93. The minimum atomic E-state index is -0.864. The third-order valence-electron chi connectivity index (χ3n) is 4.50. The maximum atomic E-state index is 14.7. The van der Waals surface area contributed by atoms with E-state index in [0.29, 0.717) is 21.6 Å². The molecule has 5 heteroatoms. The molecule has 0 unspecified atom stereocenters. The summed E-state index contributed by atoms with van der Waals surface area (Å²) in [6.45, 7) is 3.36. The SMILES string of the molecule is Cc1[nH]c2cc(F)c(F)c(-c3cccc4c3CCNC4)c2c1Cl. The smallest absolute Gasteiger partial charge is 0.167 e. The van der Waals surface area contributed by atoms with Gasteiger partial charge in [0, 0.05) is 29.3 Å². The van der Waals surface area contributed by atoms with Gasteiger partial charge in [-0.15, -0.1) is 0 Å². The van der Waals surface area contributed by atoms with E-state index < -0.39 is 11.6 Å². The van der Waals surface area contributed by atoms with E-state index in [1.54, 1.807) is 6.92 Å². The van der Waals surface area contributed by atoms with Gasteiger partial charge in [0.2, 0.25) is 0 Å². The quantitative estimate of drug-likeness (QED) is 0.663. The molecule has 2 aromatic carbocycles. The zero-order valence-corrected chi connectivity index (χ0v) is 13.3. The third kappa shape index (κ3) is 2.17. The van der Waals surface area contributed by atoms with Gasteiger partial charge in [0.25, 0.3) is 0 Å². The molecule has 2 nitrogen and oxygen atoms in total. The highest BCUT2D eigenvalue weighted by molar-refractivity contribution is 6.37. The summed E-state index contributed by atoms with van der Waals surface area (Å²) in [5.41, 5.74) is 4.40. The lowest BCUT2D eigenvalue weighted by molar-refractivity contribution is 0.513. The van der Waals surface area contributed by atoms with E-state index in [-0.39, 0.29) is 5.56 Å². The lowest BCUT2D eigenvalue weighted by Gasteiger charge is -2.21. The number of aromatic amines is 1. The molecule has 2 heterocycles. The fraction of sp³-hybridized carbons (Fsp3) is 0.222. The molecule has 0 aliphatic carbocycles. The van der Waals surface area contributed by atoms with Crippen LogP contribution < -0.4 is 5.32 Å². The topological polar surface area (TPSA) is 27.8 Å². The van der Waals surface area contributed by atoms with Gasteiger partial charge < -0.3 is 10.3 Å². The molecule has 0 saturated heterocycles. The Morgan fingerprint density at radius 2 is 2.04 bits per heavy atom. The zero-order chi connectivity index (χ0) is 16.1. The Bertz CT molecular complexity index is 931. The van der Waals surface area contributed by atoms with Crippen molar-refractivity contribution in [1.82, 2.24) is 10.3 Å². The van der Waals surface area contributed by atoms with Crippen LogP contribution in [0.5, 0.6) is 0 Å². The van der Waals surface area contributed by atoms with Gasteiger partial charge in [-0.2, -0.15) is 0 Å². The van der Waals surface area contributed by atoms with Gasteiger partial charge in [0.1, 0.15) is 0 Å². The molecule has 0 atom stereocenters. The van der Waals surface area contributed by atoms with Crippen molar-refractivity contribution >= 4 is 22.5 Å². The number of aryl methyl sites for hydroxylation is 1. The van der Waals surface area contributed by atoms with E-state index in [1.807, 2.05) is 18.2 Å². The number of hydrogen-bond donors (Lipinski definition) is 2. The summed E-state index contributed by atoms with van der Waals surface area (Å²) < 4.78 is 28.8. The average molecular weight is 333 g/mol. The number of rotatable bonds is 1. The molecule has 23 heavy (non-hydrogen) atoms. The lowest BCUT2D eigenvalue weighted by Crippen LogP contribution is -2.24. The predicted octanol–water partition coefficient (Wildman–Crippen LogP) is 4.72. The highest BCUT2D eigenvalue weighted by Crippen LogP contribution is 2.41. The third-order valence-corrected chi connectivity index (χ3v) is 4.97. The van der Waals surface area contributed by atoms with Crippen LogP contribution >= 0.6 is 11.6 Å². The molecule has 4 rings (SSSR count). The maximum Gasteiger partial charge on any atom is 0.167 e. The van der Waals surface area contributed by atoms with E-state index in [4.69, 9.17) is 11.6 Å². The second-order valence-corrected chi connectivity index (χ2v) is 6.28. The summed E-state index contributed by atoms with van der Waals surface area (Å²) in [7, 11) is 0. The van der Waals surface area contributed by atoms with Crippen molar-refractivity contribution in [2.75, 3.05) is 6.54 Å². The summed E-state index contributed by atoms with van der Waals surface area (Å²) in [4.78, 5) is 3.03. The lowest BCUT2D eigenvalue weighted by atomic mass is 9.89. The van der Waals surface area contributed by atoms with Gasteiger partial charge >= 0.3 is 0 Å². The number of halogens is 3. The monoisotopic (exact) mass is 332 g/mol. The number of nitrogens with one attached hydrogen (secondary N) is 2. The van der Waals surface area contributed by atoms with Crippen LogP contribution in [-0.4, -0.2) is 11.5 Å². The molecular weight excluding hydrogens is 318 g/mol. The Kier molecular flexibility index (Phi) is 3.39. The molecule has 0 fully saturated rings. The van der Waals surface area contributed by atoms with E-state index in [9.17, 15) is 8.78 Å². The van der Waals surface area contributed by atoms with Gasteiger partial charge in [0.15, 0.2) is 11.6 Å². The summed E-state index contributed by atoms with van der Waals surface area (Å²) in [5, 5.41) is 4.29. The Balaban J connectivity index is 2.12. The van der Waals surface area contributed by atoms with Gasteiger partial charge in [-0.3, -0.25) is 0 Å².